The standard InChI is InChI=1S/C21H24N4O4S/c1-6-10-25-19(16-9-11-29-13(16)2)23-24-21(25)30-14(3)20(26)22-15-7-8-17(27-4)18(12-15)28-5/h6-9,11-12,14H,1,10H2,2-5H3,(H,22,26). The van der Waals surface area contributed by atoms with Crippen LogP contribution in [0.2, 0.25) is 0 Å². The number of hydrogen-bond acceptors (Lipinski definition) is 7. The van der Waals surface area contributed by atoms with Crippen LogP contribution in [0.5, 0.6) is 11.5 Å². The molecule has 1 atom stereocenters. The normalized spacial score (nSPS) is 11.7. The van der Waals surface area contributed by atoms with E-state index in [1.807, 2.05) is 24.5 Å². The van der Waals surface area contributed by atoms with Gasteiger partial charge in [-0.15, -0.1) is 16.8 Å². The zero-order valence-corrected chi connectivity index (χ0v) is 18.2. The summed E-state index contributed by atoms with van der Waals surface area (Å²) in [7, 11) is 3.11. The van der Waals surface area contributed by atoms with Crippen molar-refractivity contribution < 1.29 is 18.7 Å². The van der Waals surface area contributed by atoms with Crippen LogP contribution in [0.25, 0.3) is 11.4 Å². The van der Waals surface area contributed by atoms with E-state index in [1.165, 1.54) is 11.8 Å². The monoisotopic (exact) mass is 428 g/mol. The number of carbonyl (C=O) groups is 1. The molecular weight excluding hydrogens is 404 g/mol. The van der Waals surface area contributed by atoms with Gasteiger partial charge in [-0.3, -0.25) is 9.36 Å². The van der Waals surface area contributed by atoms with Crippen molar-refractivity contribution in [3.63, 3.8) is 0 Å². The molecule has 3 aromatic rings. The molecule has 1 amide bonds. The van der Waals surface area contributed by atoms with E-state index in [2.05, 4.69) is 22.1 Å². The van der Waals surface area contributed by atoms with Gasteiger partial charge in [-0.1, -0.05) is 17.8 Å². The molecule has 3 rings (SSSR count). The maximum Gasteiger partial charge on any atom is 0.237 e. The van der Waals surface area contributed by atoms with E-state index in [9.17, 15) is 4.79 Å². The molecule has 1 unspecified atom stereocenters. The minimum Gasteiger partial charge on any atom is -0.493 e. The lowest BCUT2D eigenvalue weighted by atomic mass is 10.2. The summed E-state index contributed by atoms with van der Waals surface area (Å²) in [4.78, 5) is 12.7. The third-order valence-corrected chi connectivity index (χ3v) is 5.51. The molecule has 0 saturated carbocycles. The van der Waals surface area contributed by atoms with Crippen LogP contribution in [-0.2, 0) is 11.3 Å². The molecule has 0 aliphatic carbocycles. The number of methoxy groups -OCH3 is 2. The number of aryl methyl sites for hydroxylation is 1. The number of amides is 1. The molecule has 8 nitrogen and oxygen atoms in total. The third-order valence-electron chi connectivity index (χ3n) is 4.43. The summed E-state index contributed by atoms with van der Waals surface area (Å²) in [6.45, 7) is 8.01. The highest BCUT2D eigenvalue weighted by Crippen LogP contribution is 2.31. The lowest BCUT2D eigenvalue weighted by molar-refractivity contribution is -0.115. The average Bonchev–Trinajstić information content (AvgIpc) is 3.33. The summed E-state index contributed by atoms with van der Waals surface area (Å²) in [6, 6.07) is 7.07. The molecule has 0 aliphatic heterocycles. The Hall–Kier alpha value is -3.20. The highest BCUT2D eigenvalue weighted by atomic mass is 32.2. The number of ether oxygens (including phenoxy) is 2. The molecular formula is C21H24N4O4S. The van der Waals surface area contributed by atoms with Crippen molar-refractivity contribution in [1.82, 2.24) is 14.8 Å². The average molecular weight is 429 g/mol. The van der Waals surface area contributed by atoms with Crippen molar-refractivity contribution in [2.45, 2.75) is 30.8 Å². The number of nitrogens with zero attached hydrogens (tertiary/aromatic N) is 3. The predicted octanol–water partition coefficient (Wildman–Crippen LogP) is 4.17. The van der Waals surface area contributed by atoms with E-state index >= 15 is 0 Å². The van der Waals surface area contributed by atoms with Gasteiger partial charge in [0.2, 0.25) is 5.91 Å². The van der Waals surface area contributed by atoms with Crippen LogP contribution in [0.4, 0.5) is 5.69 Å². The van der Waals surface area contributed by atoms with Crippen LogP contribution in [-0.4, -0.2) is 40.1 Å². The van der Waals surface area contributed by atoms with Gasteiger partial charge >= 0.3 is 0 Å². The fourth-order valence-electron chi connectivity index (χ4n) is 2.86. The third kappa shape index (κ3) is 4.51. The minimum absolute atomic E-state index is 0.165. The van der Waals surface area contributed by atoms with Gasteiger partial charge < -0.3 is 19.2 Å². The number of allylic oxidation sites excluding steroid dienone is 1. The SMILES string of the molecule is C=CCn1c(SC(C)C(=O)Nc2ccc(OC)c(OC)c2)nnc1-c1ccoc1C. The zero-order valence-electron chi connectivity index (χ0n) is 17.3. The highest BCUT2D eigenvalue weighted by Gasteiger charge is 2.22. The number of carbonyl (C=O) groups excluding carboxylic acids is 1. The molecule has 0 aliphatic rings. The van der Waals surface area contributed by atoms with Gasteiger partial charge in [-0.2, -0.15) is 0 Å². The molecule has 1 N–H and O–H groups in total. The number of furan rings is 1. The first-order chi connectivity index (χ1) is 14.5. The molecule has 0 bridgehead atoms. The van der Waals surface area contributed by atoms with Gasteiger partial charge in [0.15, 0.2) is 22.5 Å². The molecule has 0 fully saturated rings. The van der Waals surface area contributed by atoms with E-state index in [4.69, 9.17) is 13.9 Å². The molecule has 1 aromatic carbocycles. The number of aromatic nitrogens is 3. The van der Waals surface area contributed by atoms with Gasteiger partial charge in [0.25, 0.3) is 0 Å². The Morgan fingerprint density at radius 1 is 1.30 bits per heavy atom. The second-order valence-electron chi connectivity index (χ2n) is 6.42. The summed E-state index contributed by atoms with van der Waals surface area (Å²) in [5.74, 6) is 2.40. The van der Waals surface area contributed by atoms with Gasteiger partial charge in [0.1, 0.15) is 5.76 Å². The van der Waals surface area contributed by atoms with Gasteiger partial charge in [-0.25, -0.2) is 0 Å². The number of nitrogens with one attached hydrogen (secondary N) is 1. The first-order valence-corrected chi connectivity index (χ1v) is 10.1. The number of rotatable bonds is 9. The first-order valence-electron chi connectivity index (χ1n) is 9.26. The summed E-state index contributed by atoms with van der Waals surface area (Å²) in [5, 5.41) is 11.7. The lowest BCUT2D eigenvalue weighted by Crippen LogP contribution is -2.23. The molecule has 2 heterocycles. The summed E-state index contributed by atoms with van der Waals surface area (Å²) >= 11 is 1.32. The van der Waals surface area contributed by atoms with E-state index in [-0.39, 0.29) is 5.91 Å². The quantitative estimate of drug-likeness (QED) is 0.404. The second-order valence-corrected chi connectivity index (χ2v) is 7.72. The molecule has 0 radical (unpaired) electrons. The maximum atomic E-state index is 12.7. The van der Waals surface area contributed by atoms with Crippen LogP contribution in [0.1, 0.15) is 12.7 Å². The molecule has 9 heteroatoms. The van der Waals surface area contributed by atoms with Crippen molar-refractivity contribution in [2.24, 2.45) is 0 Å². The van der Waals surface area contributed by atoms with Crippen LogP contribution < -0.4 is 14.8 Å². The van der Waals surface area contributed by atoms with Crippen LogP contribution in [0, 0.1) is 6.92 Å². The van der Waals surface area contributed by atoms with Gasteiger partial charge in [-0.05, 0) is 32.0 Å². The topological polar surface area (TPSA) is 91.4 Å². The van der Waals surface area contributed by atoms with Gasteiger partial charge in [0, 0.05) is 18.3 Å². The summed E-state index contributed by atoms with van der Waals surface area (Å²) in [6.07, 6.45) is 3.38. The highest BCUT2D eigenvalue weighted by molar-refractivity contribution is 8.00. The Morgan fingerprint density at radius 3 is 2.70 bits per heavy atom. The van der Waals surface area contributed by atoms with Crippen LogP contribution >= 0.6 is 11.8 Å². The number of benzene rings is 1. The zero-order chi connectivity index (χ0) is 21.7. The Labute approximate surface area is 179 Å². The summed E-state index contributed by atoms with van der Waals surface area (Å²) in [5.41, 5.74) is 1.48. The molecule has 0 spiro atoms. The fourth-order valence-corrected chi connectivity index (χ4v) is 3.71. The van der Waals surface area contributed by atoms with Crippen molar-refractivity contribution in [2.75, 3.05) is 19.5 Å². The minimum atomic E-state index is -0.413. The molecule has 30 heavy (non-hydrogen) atoms. The van der Waals surface area contributed by atoms with Crippen molar-refractivity contribution >= 4 is 23.4 Å². The fraction of sp³-hybridized carbons (Fsp3) is 0.286. The van der Waals surface area contributed by atoms with E-state index in [1.54, 1.807) is 44.8 Å². The molecule has 2 aromatic heterocycles. The lowest BCUT2D eigenvalue weighted by Gasteiger charge is -2.14. The second kappa shape index (κ2) is 9.53. The maximum absolute atomic E-state index is 12.7. The number of anilines is 1. The van der Waals surface area contributed by atoms with E-state index in [0.29, 0.717) is 34.7 Å². The van der Waals surface area contributed by atoms with Crippen LogP contribution in [0.3, 0.4) is 0 Å². The Kier molecular flexibility index (Phi) is 6.83. The number of hydrogen-bond donors (Lipinski definition) is 1. The summed E-state index contributed by atoms with van der Waals surface area (Å²) < 4.78 is 17.8. The van der Waals surface area contributed by atoms with Crippen molar-refractivity contribution in [1.29, 1.82) is 0 Å². The van der Waals surface area contributed by atoms with Gasteiger partial charge in [0.05, 0.1) is 31.3 Å². The Morgan fingerprint density at radius 2 is 2.07 bits per heavy atom. The number of thioether (sulfide) groups is 1. The smallest absolute Gasteiger partial charge is 0.237 e. The van der Waals surface area contributed by atoms with Crippen LogP contribution in [0.15, 0.2) is 52.8 Å². The van der Waals surface area contributed by atoms with E-state index < -0.39 is 5.25 Å². The molecule has 158 valence electrons. The Bertz CT molecular complexity index is 1040. The predicted molar refractivity (Wildman–Crippen MR) is 116 cm³/mol. The largest absolute Gasteiger partial charge is 0.493 e. The van der Waals surface area contributed by atoms with E-state index in [0.717, 1.165) is 11.3 Å². The first kappa shape index (κ1) is 21.5. The Balaban J connectivity index is 1.76. The molecule has 0 saturated heterocycles. The van der Waals surface area contributed by atoms with Crippen molar-refractivity contribution in [3.05, 3.63) is 48.9 Å². The van der Waals surface area contributed by atoms with Crippen molar-refractivity contribution in [3.8, 4) is 22.9 Å².